The molecule has 4 nitrogen and oxygen atoms in total. The Balaban J connectivity index is 1.94. The lowest BCUT2D eigenvalue weighted by atomic mass is 10.2. The van der Waals surface area contributed by atoms with Gasteiger partial charge in [-0.05, 0) is 24.4 Å². The van der Waals surface area contributed by atoms with E-state index in [2.05, 4.69) is 14.9 Å². The Bertz CT molecular complexity index is 337. The Morgan fingerprint density at radius 2 is 2.43 bits per heavy atom. The molecule has 0 aromatic carbocycles. The van der Waals surface area contributed by atoms with Crippen LogP contribution in [0.25, 0.3) is 0 Å². The summed E-state index contributed by atoms with van der Waals surface area (Å²) >= 11 is 6.72. The number of rotatable bonds is 4. The monoisotopic (exact) mass is 231 g/mol. The van der Waals surface area contributed by atoms with E-state index in [4.69, 9.17) is 11.6 Å². The number of nitrogens with one attached hydrogen (secondary N) is 1. The van der Waals surface area contributed by atoms with Gasteiger partial charge in [0, 0.05) is 5.92 Å². The predicted octanol–water partition coefficient (Wildman–Crippen LogP) is 1.27. The molecule has 0 spiro atoms. The maximum absolute atomic E-state index is 10.9. The molecule has 76 valence electrons. The van der Waals surface area contributed by atoms with Crippen molar-refractivity contribution in [3.05, 3.63) is 10.6 Å². The maximum atomic E-state index is 10.9. The number of carbonyl (C=O) groups is 1. The molecular formula is C8H10ClN3OS. The van der Waals surface area contributed by atoms with Crippen LogP contribution < -0.4 is 5.32 Å². The van der Waals surface area contributed by atoms with E-state index >= 15 is 0 Å². The highest BCUT2D eigenvalue weighted by Crippen LogP contribution is 2.41. The van der Waals surface area contributed by atoms with E-state index in [0.717, 1.165) is 10.6 Å². The van der Waals surface area contributed by atoms with E-state index in [1.165, 1.54) is 24.4 Å². The molecule has 1 N–H and O–H groups in total. The van der Waals surface area contributed by atoms with Crippen LogP contribution in [0.15, 0.2) is 0 Å². The molecule has 0 atom stereocenters. The van der Waals surface area contributed by atoms with Crippen LogP contribution in [0.1, 0.15) is 29.3 Å². The third-order valence-electron chi connectivity index (χ3n) is 2.12. The van der Waals surface area contributed by atoms with Crippen LogP contribution in [0.4, 0.5) is 0 Å². The van der Waals surface area contributed by atoms with Gasteiger partial charge < -0.3 is 5.32 Å². The van der Waals surface area contributed by atoms with Crippen molar-refractivity contribution in [2.24, 2.45) is 0 Å². The molecule has 1 amide bonds. The highest BCUT2D eigenvalue weighted by atomic mass is 35.5. The van der Waals surface area contributed by atoms with Gasteiger partial charge in [0.05, 0.1) is 17.1 Å². The van der Waals surface area contributed by atoms with Gasteiger partial charge in [0.2, 0.25) is 5.91 Å². The smallest absolute Gasteiger partial charge is 0.235 e. The van der Waals surface area contributed by atoms with Gasteiger partial charge in [0.15, 0.2) is 0 Å². The van der Waals surface area contributed by atoms with Crippen LogP contribution in [-0.2, 0) is 11.3 Å². The second kappa shape index (κ2) is 4.23. The zero-order valence-electron chi connectivity index (χ0n) is 7.49. The number of amides is 1. The number of nitrogens with zero attached hydrogens (tertiary/aromatic N) is 2. The molecule has 1 heterocycles. The molecule has 0 aliphatic heterocycles. The summed E-state index contributed by atoms with van der Waals surface area (Å²) in [5.74, 6) is 0.434. The summed E-state index contributed by atoms with van der Waals surface area (Å²) in [4.78, 5) is 12.0. The highest BCUT2D eigenvalue weighted by Gasteiger charge is 2.29. The molecular weight excluding hydrogens is 222 g/mol. The normalized spacial score (nSPS) is 15.5. The van der Waals surface area contributed by atoms with Gasteiger partial charge in [-0.1, -0.05) is 4.49 Å². The molecule has 1 aliphatic carbocycles. The molecule has 0 radical (unpaired) electrons. The largest absolute Gasteiger partial charge is 0.350 e. The van der Waals surface area contributed by atoms with Crippen LogP contribution in [0.5, 0.6) is 0 Å². The fourth-order valence-electron chi connectivity index (χ4n) is 1.23. The van der Waals surface area contributed by atoms with Gasteiger partial charge in [0.1, 0.15) is 5.88 Å². The van der Waals surface area contributed by atoms with Crippen molar-refractivity contribution in [1.29, 1.82) is 0 Å². The molecule has 1 fully saturated rings. The number of hydrogen-bond acceptors (Lipinski definition) is 4. The van der Waals surface area contributed by atoms with Crippen LogP contribution >= 0.6 is 23.1 Å². The van der Waals surface area contributed by atoms with Crippen molar-refractivity contribution in [3.63, 3.8) is 0 Å². The number of halogens is 1. The van der Waals surface area contributed by atoms with E-state index in [-0.39, 0.29) is 11.8 Å². The SMILES string of the molecule is O=C(CCl)NCc1snnc1C1CC1. The van der Waals surface area contributed by atoms with Crippen molar-refractivity contribution in [3.8, 4) is 0 Å². The quantitative estimate of drug-likeness (QED) is 0.794. The Morgan fingerprint density at radius 1 is 1.64 bits per heavy atom. The van der Waals surface area contributed by atoms with Crippen LogP contribution in [0.2, 0.25) is 0 Å². The third kappa shape index (κ3) is 2.22. The zero-order valence-corrected chi connectivity index (χ0v) is 9.07. The van der Waals surface area contributed by atoms with Gasteiger partial charge >= 0.3 is 0 Å². The zero-order chi connectivity index (χ0) is 9.97. The summed E-state index contributed by atoms with van der Waals surface area (Å²) in [6.45, 7) is 0.509. The lowest BCUT2D eigenvalue weighted by molar-refractivity contribution is -0.118. The first kappa shape index (κ1) is 9.86. The van der Waals surface area contributed by atoms with Gasteiger partial charge in [-0.2, -0.15) is 0 Å². The first-order valence-electron chi connectivity index (χ1n) is 4.45. The van der Waals surface area contributed by atoms with Gasteiger partial charge in [0.25, 0.3) is 0 Å². The summed E-state index contributed by atoms with van der Waals surface area (Å²) in [5.41, 5.74) is 1.06. The predicted molar refractivity (Wildman–Crippen MR) is 54.5 cm³/mol. The van der Waals surface area contributed by atoms with Crippen molar-refractivity contribution in [1.82, 2.24) is 14.9 Å². The van der Waals surface area contributed by atoms with Crippen LogP contribution in [0, 0.1) is 0 Å². The first-order chi connectivity index (χ1) is 6.81. The number of hydrogen-bond donors (Lipinski definition) is 1. The van der Waals surface area contributed by atoms with Crippen molar-refractivity contribution in [2.45, 2.75) is 25.3 Å². The van der Waals surface area contributed by atoms with Gasteiger partial charge in [-0.25, -0.2) is 0 Å². The minimum Gasteiger partial charge on any atom is -0.350 e. The fraction of sp³-hybridized carbons (Fsp3) is 0.625. The van der Waals surface area contributed by atoms with Crippen LogP contribution in [0.3, 0.4) is 0 Å². The molecule has 0 saturated heterocycles. The van der Waals surface area contributed by atoms with E-state index in [1.54, 1.807) is 0 Å². The molecule has 14 heavy (non-hydrogen) atoms. The van der Waals surface area contributed by atoms with E-state index in [1.807, 2.05) is 0 Å². The highest BCUT2D eigenvalue weighted by molar-refractivity contribution is 7.05. The molecule has 1 saturated carbocycles. The van der Waals surface area contributed by atoms with E-state index in [0.29, 0.717) is 12.5 Å². The first-order valence-corrected chi connectivity index (χ1v) is 5.76. The van der Waals surface area contributed by atoms with Gasteiger partial charge in [-0.3, -0.25) is 4.79 Å². The second-order valence-corrected chi connectivity index (χ2v) is 4.37. The van der Waals surface area contributed by atoms with Crippen molar-refractivity contribution in [2.75, 3.05) is 5.88 Å². The number of alkyl halides is 1. The average molecular weight is 232 g/mol. The summed E-state index contributed by atoms with van der Waals surface area (Å²) in [6.07, 6.45) is 2.39. The summed E-state index contributed by atoms with van der Waals surface area (Å²) in [5, 5.41) is 6.78. The standard InChI is InChI=1S/C8H10ClN3OS/c9-3-7(13)10-4-6-8(5-1-2-5)11-12-14-6/h5H,1-4H2,(H,10,13). The maximum Gasteiger partial charge on any atom is 0.235 e. The van der Waals surface area contributed by atoms with E-state index in [9.17, 15) is 4.79 Å². The lowest BCUT2D eigenvalue weighted by Gasteiger charge is -2.00. The molecule has 6 heteroatoms. The Labute approximate surface area is 90.8 Å². The minimum atomic E-state index is -0.151. The lowest BCUT2D eigenvalue weighted by Crippen LogP contribution is -2.23. The third-order valence-corrected chi connectivity index (χ3v) is 3.10. The molecule has 0 bridgehead atoms. The van der Waals surface area contributed by atoms with E-state index < -0.39 is 0 Å². The number of aromatic nitrogens is 2. The summed E-state index contributed by atoms with van der Waals surface area (Å²) in [7, 11) is 0. The van der Waals surface area contributed by atoms with Crippen LogP contribution in [-0.4, -0.2) is 21.4 Å². The fourth-order valence-corrected chi connectivity index (χ4v) is 1.99. The average Bonchev–Trinajstić information content (AvgIpc) is 2.94. The summed E-state index contributed by atoms with van der Waals surface area (Å²) < 4.78 is 3.89. The second-order valence-electron chi connectivity index (χ2n) is 3.27. The van der Waals surface area contributed by atoms with Crippen molar-refractivity contribution < 1.29 is 4.79 Å². The van der Waals surface area contributed by atoms with Gasteiger partial charge in [-0.15, -0.1) is 16.7 Å². The van der Waals surface area contributed by atoms with Crippen molar-refractivity contribution >= 4 is 29.0 Å². The minimum absolute atomic E-state index is 0.00495. The molecule has 1 aromatic heterocycles. The topological polar surface area (TPSA) is 54.9 Å². The molecule has 1 aromatic rings. The summed E-state index contributed by atoms with van der Waals surface area (Å²) in [6, 6.07) is 0. The Kier molecular flexibility index (Phi) is 2.98. The number of carbonyl (C=O) groups excluding carboxylic acids is 1. The molecule has 0 unspecified atom stereocenters. The Hall–Kier alpha value is -0.680. The molecule has 2 rings (SSSR count). The molecule has 1 aliphatic rings. The Morgan fingerprint density at radius 3 is 3.07 bits per heavy atom.